The van der Waals surface area contributed by atoms with Crippen LogP contribution in [0.15, 0.2) is 40.1 Å². The van der Waals surface area contributed by atoms with Gasteiger partial charge in [0.05, 0.1) is 5.52 Å². The van der Waals surface area contributed by atoms with Crippen molar-refractivity contribution in [2.24, 2.45) is 5.92 Å². The molecule has 0 bridgehead atoms. The van der Waals surface area contributed by atoms with Gasteiger partial charge in [0, 0.05) is 18.3 Å². The van der Waals surface area contributed by atoms with E-state index in [0.717, 1.165) is 5.52 Å². The summed E-state index contributed by atoms with van der Waals surface area (Å²) in [5.41, 5.74) is 1.85. The molecule has 0 aliphatic heterocycles. The van der Waals surface area contributed by atoms with Gasteiger partial charge in [-0.25, -0.2) is 4.79 Å². The fraction of sp³-hybridized carbons (Fsp3) is 0.286. The van der Waals surface area contributed by atoms with E-state index in [0.29, 0.717) is 23.7 Å². The number of oxazole rings is 1. The van der Waals surface area contributed by atoms with Crippen molar-refractivity contribution in [3.8, 4) is 0 Å². The second-order valence-electron chi connectivity index (χ2n) is 4.80. The van der Waals surface area contributed by atoms with Crippen LogP contribution in [0.25, 0.3) is 11.1 Å². The molecular weight excluding hydrogens is 244 g/mol. The van der Waals surface area contributed by atoms with Gasteiger partial charge in [-0.15, -0.1) is 0 Å². The molecule has 1 N–H and O–H groups in total. The molecule has 1 aliphatic carbocycles. The Morgan fingerprint density at radius 2 is 2.32 bits per heavy atom. The largest absolute Gasteiger partial charge is 0.419 e. The van der Waals surface area contributed by atoms with Crippen molar-refractivity contribution in [1.29, 1.82) is 0 Å². The Morgan fingerprint density at radius 1 is 1.53 bits per heavy atom. The zero-order valence-electron chi connectivity index (χ0n) is 10.4. The number of anilines is 1. The van der Waals surface area contributed by atoms with Gasteiger partial charge in [0.1, 0.15) is 0 Å². The molecule has 1 amide bonds. The quantitative estimate of drug-likeness (QED) is 0.854. The summed E-state index contributed by atoms with van der Waals surface area (Å²) in [5.74, 6) is -0.0353. The highest BCUT2D eigenvalue weighted by Crippen LogP contribution is 2.31. The highest BCUT2D eigenvalue weighted by Gasteiger charge is 2.24. The number of carbonyl (C=O) groups is 1. The predicted octanol–water partition coefficient (Wildman–Crippen LogP) is 2.13. The van der Waals surface area contributed by atoms with Gasteiger partial charge in [0.25, 0.3) is 0 Å². The number of nitrogens with zero attached hydrogens (tertiary/aromatic N) is 1. The van der Waals surface area contributed by atoms with E-state index in [2.05, 4.69) is 11.9 Å². The third-order valence-corrected chi connectivity index (χ3v) is 3.26. The monoisotopic (exact) mass is 258 g/mol. The Labute approximate surface area is 109 Å². The van der Waals surface area contributed by atoms with E-state index in [1.807, 2.05) is 0 Å². The molecule has 1 aromatic heterocycles. The summed E-state index contributed by atoms with van der Waals surface area (Å²) in [5, 5.41) is 2.64. The molecule has 2 aromatic rings. The number of rotatable bonds is 4. The molecule has 0 saturated heterocycles. The van der Waals surface area contributed by atoms with Crippen LogP contribution >= 0.6 is 0 Å². The van der Waals surface area contributed by atoms with Crippen molar-refractivity contribution in [3.05, 3.63) is 41.4 Å². The van der Waals surface area contributed by atoms with Gasteiger partial charge in [-0.1, -0.05) is 6.58 Å². The maximum atomic E-state index is 11.8. The lowest BCUT2D eigenvalue weighted by Crippen LogP contribution is -2.15. The zero-order chi connectivity index (χ0) is 13.4. The smallest absolute Gasteiger partial charge is 0.408 e. The fourth-order valence-corrected chi connectivity index (χ4v) is 2.07. The number of aromatic nitrogens is 1. The van der Waals surface area contributed by atoms with Gasteiger partial charge in [-0.3, -0.25) is 9.36 Å². The summed E-state index contributed by atoms with van der Waals surface area (Å²) in [7, 11) is 0. The number of hydrogen-bond donors (Lipinski definition) is 1. The molecule has 0 unspecified atom stereocenters. The second kappa shape index (κ2) is 4.42. The van der Waals surface area contributed by atoms with Gasteiger partial charge in [0.15, 0.2) is 5.58 Å². The minimum atomic E-state index is -0.339. The normalized spacial score (nSPS) is 14.5. The van der Waals surface area contributed by atoms with Crippen molar-refractivity contribution >= 4 is 22.7 Å². The molecule has 5 heteroatoms. The molecule has 1 fully saturated rings. The first-order valence-corrected chi connectivity index (χ1v) is 6.24. The van der Waals surface area contributed by atoms with E-state index in [1.165, 1.54) is 18.9 Å². The van der Waals surface area contributed by atoms with Crippen LogP contribution in [0, 0.1) is 5.92 Å². The van der Waals surface area contributed by atoms with Gasteiger partial charge in [-0.05, 0) is 37.0 Å². The highest BCUT2D eigenvalue weighted by atomic mass is 16.4. The van der Waals surface area contributed by atoms with Crippen LogP contribution in [0.5, 0.6) is 0 Å². The molecule has 0 atom stereocenters. The van der Waals surface area contributed by atoms with Gasteiger partial charge in [0.2, 0.25) is 5.91 Å². The van der Waals surface area contributed by atoms with Crippen LogP contribution in [0.3, 0.4) is 0 Å². The van der Waals surface area contributed by atoms with E-state index < -0.39 is 0 Å². The van der Waals surface area contributed by atoms with Crippen LogP contribution in [-0.2, 0) is 11.3 Å². The first-order chi connectivity index (χ1) is 9.17. The van der Waals surface area contributed by atoms with E-state index in [9.17, 15) is 9.59 Å². The Morgan fingerprint density at radius 3 is 3.00 bits per heavy atom. The number of carbonyl (C=O) groups excluding carboxylic acids is 1. The van der Waals surface area contributed by atoms with Gasteiger partial charge < -0.3 is 9.73 Å². The SMILES string of the molecule is C=CC(=O)Nc1ccc2c(c1)oc(=O)n2CC1CC1. The molecular formula is C14H14N2O3. The highest BCUT2D eigenvalue weighted by molar-refractivity contribution is 5.99. The lowest BCUT2D eigenvalue weighted by molar-refractivity contribution is -0.111. The van der Waals surface area contributed by atoms with Crippen molar-refractivity contribution in [2.45, 2.75) is 19.4 Å². The van der Waals surface area contributed by atoms with Crippen molar-refractivity contribution < 1.29 is 9.21 Å². The molecule has 19 heavy (non-hydrogen) atoms. The molecule has 1 aliphatic rings. The number of amides is 1. The van der Waals surface area contributed by atoms with E-state index in [-0.39, 0.29) is 11.7 Å². The van der Waals surface area contributed by atoms with Crippen molar-refractivity contribution in [1.82, 2.24) is 4.57 Å². The molecule has 0 radical (unpaired) electrons. The van der Waals surface area contributed by atoms with Gasteiger partial charge >= 0.3 is 5.76 Å². The van der Waals surface area contributed by atoms with E-state index in [1.54, 1.807) is 22.8 Å². The van der Waals surface area contributed by atoms with Crippen molar-refractivity contribution in [3.63, 3.8) is 0 Å². The van der Waals surface area contributed by atoms with E-state index in [4.69, 9.17) is 4.42 Å². The third-order valence-electron chi connectivity index (χ3n) is 3.26. The molecule has 0 spiro atoms. The first-order valence-electron chi connectivity index (χ1n) is 6.24. The summed E-state index contributed by atoms with van der Waals surface area (Å²) in [4.78, 5) is 23.0. The minimum absolute atomic E-state index is 0.292. The molecule has 3 rings (SSSR count). The van der Waals surface area contributed by atoms with Crippen LogP contribution in [0.1, 0.15) is 12.8 Å². The average Bonchev–Trinajstić information content (AvgIpc) is 3.15. The summed E-state index contributed by atoms with van der Waals surface area (Å²) < 4.78 is 6.87. The summed E-state index contributed by atoms with van der Waals surface area (Å²) in [6.07, 6.45) is 3.54. The maximum absolute atomic E-state index is 11.8. The van der Waals surface area contributed by atoms with Gasteiger partial charge in [-0.2, -0.15) is 0 Å². The topological polar surface area (TPSA) is 64.2 Å². The fourth-order valence-electron chi connectivity index (χ4n) is 2.07. The maximum Gasteiger partial charge on any atom is 0.419 e. The van der Waals surface area contributed by atoms with Crippen LogP contribution in [0.2, 0.25) is 0 Å². The number of fused-ring (bicyclic) bond motifs is 1. The summed E-state index contributed by atoms with van der Waals surface area (Å²) in [6, 6.07) is 5.20. The Balaban J connectivity index is 1.97. The van der Waals surface area contributed by atoms with Crippen LogP contribution in [-0.4, -0.2) is 10.5 Å². The summed E-state index contributed by atoms with van der Waals surface area (Å²) >= 11 is 0. The minimum Gasteiger partial charge on any atom is -0.408 e. The number of hydrogen-bond acceptors (Lipinski definition) is 3. The molecule has 98 valence electrons. The van der Waals surface area contributed by atoms with Crippen LogP contribution < -0.4 is 11.1 Å². The predicted molar refractivity (Wildman–Crippen MR) is 72.0 cm³/mol. The molecule has 5 nitrogen and oxygen atoms in total. The zero-order valence-corrected chi connectivity index (χ0v) is 10.4. The lowest BCUT2D eigenvalue weighted by Gasteiger charge is -2.02. The second-order valence-corrected chi connectivity index (χ2v) is 4.80. The molecule has 1 saturated carbocycles. The molecule has 1 heterocycles. The Hall–Kier alpha value is -2.30. The average molecular weight is 258 g/mol. The van der Waals surface area contributed by atoms with Crippen LogP contribution in [0.4, 0.5) is 5.69 Å². The first kappa shape index (κ1) is 11.8. The number of benzene rings is 1. The number of nitrogens with one attached hydrogen (secondary N) is 1. The van der Waals surface area contributed by atoms with Crippen molar-refractivity contribution in [2.75, 3.05) is 5.32 Å². The Kier molecular flexibility index (Phi) is 2.74. The lowest BCUT2D eigenvalue weighted by atomic mass is 10.2. The summed E-state index contributed by atoms with van der Waals surface area (Å²) in [6.45, 7) is 4.10. The van der Waals surface area contributed by atoms with E-state index >= 15 is 0 Å². The molecule has 1 aromatic carbocycles. The standard InChI is InChI=1S/C14H14N2O3/c1-2-13(17)15-10-5-6-11-12(7-10)19-14(18)16(11)8-9-3-4-9/h2,5-7,9H,1,3-4,8H2,(H,15,17). The Bertz CT molecular complexity index is 707. The third kappa shape index (κ3) is 2.31.